The average Bonchev–Trinajstić information content (AvgIpc) is 2.88. The Morgan fingerprint density at radius 2 is 2.16 bits per heavy atom. The summed E-state index contributed by atoms with van der Waals surface area (Å²) in [6.45, 7) is 5.11. The molecule has 2 heterocycles. The zero-order chi connectivity index (χ0) is 13.1. The number of nitrogens with zero attached hydrogens (tertiary/aromatic N) is 1. The van der Waals surface area contributed by atoms with Crippen molar-refractivity contribution in [1.29, 1.82) is 0 Å². The highest BCUT2D eigenvalue weighted by Crippen LogP contribution is 2.27. The molecule has 3 heteroatoms. The highest BCUT2D eigenvalue weighted by atomic mass is 16.5. The van der Waals surface area contributed by atoms with Crippen LogP contribution in [0.5, 0.6) is 0 Å². The van der Waals surface area contributed by atoms with Gasteiger partial charge in [0.25, 0.3) is 0 Å². The van der Waals surface area contributed by atoms with Crippen LogP contribution in [0.25, 0.3) is 0 Å². The normalized spacial score (nSPS) is 24.1. The molecule has 2 aliphatic heterocycles. The predicted molar refractivity (Wildman–Crippen MR) is 77.5 cm³/mol. The van der Waals surface area contributed by atoms with Crippen molar-refractivity contribution in [2.75, 3.05) is 19.7 Å². The summed E-state index contributed by atoms with van der Waals surface area (Å²) >= 11 is 0. The molecule has 2 aliphatic rings. The summed E-state index contributed by atoms with van der Waals surface area (Å²) in [5.74, 6) is 1.72. The van der Waals surface area contributed by atoms with Crippen molar-refractivity contribution in [3.63, 3.8) is 0 Å². The highest BCUT2D eigenvalue weighted by Gasteiger charge is 2.23. The lowest BCUT2D eigenvalue weighted by atomic mass is 9.95. The van der Waals surface area contributed by atoms with E-state index in [2.05, 4.69) is 36.5 Å². The van der Waals surface area contributed by atoms with Crippen LogP contribution >= 0.6 is 0 Å². The summed E-state index contributed by atoms with van der Waals surface area (Å²) in [5, 5.41) is 3.40. The van der Waals surface area contributed by atoms with Gasteiger partial charge in [-0.15, -0.1) is 0 Å². The molecule has 1 fully saturated rings. The smallest absolute Gasteiger partial charge is 0.184 e. The minimum Gasteiger partial charge on any atom is -0.478 e. The van der Waals surface area contributed by atoms with Crippen LogP contribution in [0.4, 0.5) is 0 Å². The van der Waals surface area contributed by atoms with E-state index >= 15 is 0 Å². The molecule has 3 nitrogen and oxygen atoms in total. The van der Waals surface area contributed by atoms with Crippen LogP contribution in [0, 0.1) is 12.8 Å². The molecule has 1 N–H and O–H groups in total. The predicted octanol–water partition coefficient (Wildman–Crippen LogP) is 2.85. The fourth-order valence-electron chi connectivity index (χ4n) is 2.92. The molecule has 1 aromatic carbocycles. The molecule has 0 saturated carbocycles. The topological polar surface area (TPSA) is 33.6 Å². The monoisotopic (exact) mass is 258 g/mol. The third-order valence-corrected chi connectivity index (χ3v) is 4.06. The van der Waals surface area contributed by atoms with E-state index in [4.69, 9.17) is 9.73 Å². The lowest BCUT2D eigenvalue weighted by Gasteiger charge is -2.21. The number of hydrogen-bond donors (Lipinski definition) is 1. The van der Waals surface area contributed by atoms with E-state index in [1.54, 1.807) is 0 Å². The molecule has 3 rings (SSSR count). The fraction of sp³-hybridized carbons (Fsp3) is 0.562. The van der Waals surface area contributed by atoms with Crippen molar-refractivity contribution in [2.45, 2.75) is 32.2 Å². The number of hydrogen-bond acceptors (Lipinski definition) is 3. The van der Waals surface area contributed by atoms with Gasteiger partial charge in [0.05, 0.1) is 0 Å². The van der Waals surface area contributed by atoms with Crippen molar-refractivity contribution in [2.24, 2.45) is 10.9 Å². The second-order valence-electron chi connectivity index (χ2n) is 5.66. The zero-order valence-electron chi connectivity index (χ0n) is 11.6. The van der Waals surface area contributed by atoms with Gasteiger partial charge in [0, 0.05) is 6.42 Å². The first-order valence-corrected chi connectivity index (χ1v) is 7.28. The van der Waals surface area contributed by atoms with E-state index in [0.29, 0.717) is 6.61 Å². The molecule has 1 atom stereocenters. The molecule has 0 aliphatic carbocycles. The fourth-order valence-corrected chi connectivity index (χ4v) is 2.92. The van der Waals surface area contributed by atoms with E-state index in [1.165, 1.54) is 24.0 Å². The average molecular weight is 258 g/mol. The van der Waals surface area contributed by atoms with E-state index in [9.17, 15) is 0 Å². The maximum atomic E-state index is 5.79. The number of benzene rings is 1. The standard InChI is InChI=1S/C16H22N2O/c1-12-3-2-4-14(9-12)15-11-19-16(18-15)10-13-5-7-17-8-6-13/h2-4,9,13,15,17H,5-8,10-11H2,1H3. The Hall–Kier alpha value is -1.35. The van der Waals surface area contributed by atoms with Crippen LogP contribution in [0.1, 0.15) is 36.4 Å². The van der Waals surface area contributed by atoms with E-state index in [-0.39, 0.29) is 6.04 Å². The summed E-state index contributed by atoms with van der Waals surface area (Å²) in [5.41, 5.74) is 2.57. The Bertz CT molecular complexity index is 464. The molecule has 0 amide bonds. The van der Waals surface area contributed by atoms with Gasteiger partial charge in [-0.3, -0.25) is 0 Å². The molecule has 1 unspecified atom stereocenters. The van der Waals surface area contributed by atoms with Gasteiger partial charge in [0.2, 0.25) is 0 Å². The molecule has 0 bridgehead atoms. The zero-order valence-corrected chi connectivity index (χ0v) is 11.6. The van der Waals surface area contributed by atoms with Crippen molar-refractivity contribution in [1.82, 2.24) is 5.32 Å². The SMILES string of the molecule is Cc1cccc(C2COC(CC3CCNCC3)=N2)c1. The molecule has 1 saturated heterocycles. The minimum atomic E-state index is 0.205. The lowest BCUT2D eigenvalue weighted by molar-refractivity contribution is 0.294. The quantitative estimate of drug-likeness (QED) is 0.904. The maximum Gasteiger partial charge on any atom is 0.184 e. The van der Waals surface area contributed by atoms with Gasteiger partial charge in [-0.1, -0.05) is 29.8 Å². The van der Waals surface area contributed by atoms with E-state index in [0.717, 1.165) is 31.3 Å². The molecule has 19 heavy (non-hydrogen) atoms. The van der Waals surface area contributed by atoms with Crippen molar-refractivity contribution >= 4 is 5.90 Å². The first-order valence-electron chi connectivity index (χ1n) is 7.28. The van der Waals surface area contributed by atoms with Crippen LogP contribution in [0.2, 0.25) is 0 Å². The Morgan fingerprint density at radius 3 is 2.95 bits per heavy atom. The van der Waals surface area contributed by atoms with Crippen molar-refractivity contribution in [3.05, 3.63) is 35.4 Å². The summed E-state index contributed by atoms with van der Waals surface area (Å²) in [6.07, 6.45) is 3.51. The first-order chi connectivity index (χ1) is 9.31. The second kappa shape index (κ2) is 5.74. The highest BCUT2D eigenvalue weighted by molar-refractivity contribution is 5.78. The number of aryl methyl sites for hydroxylation is 1. The Balaban J connectivity index is 1.64. The summed E-state index contributed by atoms with van der Waals surface area (Å²) < 4.78 is 5.79. The molecule has 1 aromatic rings. The largest absolute Gasteiger partial charge is 0.478 e. The second-order valence-corrected chi connectivity index (χ2v) is 5.66. The van der Waals surface area contributed by atoms with Gasteiger partial charge in [0.15, 0.2) is 5.90 Å². The summed E-state index contributed by atoms with van der Waals surface area (Å²) in [6, 6.07) is 8.80. The molecule has 0 aromatic heterocycles. The van der Waals surface area contributed by atoms with Crippen LogP contribution in [-0.4, -0.2) is 25.6 Å². The number of piperidine rings is 1. The van der Waals surface area contributed by atoms with Gasteiger partial charge < -0.3 is 10.1 Å². The van der Waals surface area contributed by atoms with Crippen LogP contribution in [0.15, 0.2) is 29.3 Å². The van der Waals surface area contributed by atoms with Crippen molar-refractivity contribution < 1.29 is 4.74 Å². The molecule has 0 radical (unpaired) electrons. The maximum absolute atomic E-state index is 5.79. The Kier molecular flexibility index (Phi) is 3.83. The van der Waals surface area contributed by atoms with Gasteiger partial charge >= 0.3 is 0 Å². The van der Waals surface area contributed by atoms with Crippen LogP contribution in [0.3, 0.4) is 0 Å². The van der Waals surface area contributed by atoms with Crippen LogP contribution < -0.4 is 5.32 Å². The number of nitrogens with one attached hydrogen (secondary N) is 1. The summed E-state index contributed by atoms with van der Waals surface area (Å²) in [7, 11) is 0. The number of ether oxygens (including phenoxy) is 1. The Morgan fingerprint density at radius 1 is 1.32 bits per heavy atom. The Labute approximate surface area is 115 Å². The molecule has 0 spiro atoms. The summed E-state index contributed by atoms with van der Waals surface area (Å²) in [4.78, 5) is 4.77. The molecule has 102 valence electrons. The van der Waals surface area contributed by atoms with Crippen molar-refractivity contribution in [3.8, 4) is 0 Å². The third-order valence-electron chi connectivity index (χ3n) is 4.06. The number of aliphatic imine (C=N–C) groups is 1. The van der Waals surface area contributed by atoms with E-state index < -0.39 is 0 Å². The molecular formula is C16H22N2O. The van der Waals surface area contributed by atoms with Gasteiger partial charge in [-0.05, 0) is 44.3 Å². The van der Waals surface area contributed by atoms with E-state index in [1.807, 2.05) is 0 Å². The first kappa shape index (κ1) is 12.7. The lowest BCUT2D eigenvalue weighted by Crippen LogP contribution is -2.28. The van der Waals surface area contributed by atoms with Crippen LogP contribution in [-0.2, 0) is 4.74 Å². The van der Waals surface area contributed by atoms with Gasteiger partial charge in [-0.25, -0.2) is 4.99 Å². The minimum absolute atomic E-state index is 0.205. The number of rotatable bonds is 3. The van der Waals surface area contributed by atoms with Gasteiger partial charge in [0.1, 0.15) is 12.6 Å². The molecular weight excluding hydrogens is 236 g/mol. The van der Waals surface area contributed by atoms with Gasteiger partial charge in [-0.2, -0.15) is 0 Å². The third kappa shape index (κ3) is 3.16.